The molecule has 1 aliphatic carbocycles. The number of rotatable bonds is 2. The third-order valence-corrected chi connectivity index (χ3v) is 3.94. The number of fused-ring (bicyclic) bond motifs is 1. The largest absolute Gasteiger partial charge is 0.493 e. The first-order chi connectivity index (χ1) is 9.97. The maximum atomic E-state index is 14.3. The van der Waals surface area contributed by atoms with Gasteiger partial charge in [-0.15, -0.1) is 0 Å². The van der Waals surface area contributed by atoms with Crippen molar-refractivity contribution < 1.29 is 24.1 Å². The van der Waals surface area contributed by atoms with Gasteiger partial charge in [0.25, 0.3) is 0 Å². The molecule has 1 unspecified atom stereocenters. The van der Waals surface area contributed by atoms with Gasteiger partial charge in [0.05, 0.1) is 18.8 Å². The van der Waals surface area contributed by atoms with Crippen LogP contribution in [0.4, 0.5) is 8.78 Å². The Morgan fingerprint density at radius 1 is 1.38 bits per heavy atom. The molecule has 2 aromatic heterocycles. The zero-order chi connectivity index (χ0) is 15.3. The Morgan fingerprint density at radius 3 is 2.71 bits per heavy atom. The molecule has 21 heavy (non-hydrogen) atoms. The van der Waals surface area contributed by atoms with Crippen molar-refractivity contribution in [2.24, 2.45) is 5.92 Å². The lowest BCUT2D eigenvalue weighted by Crippen LogP contribution is -2.26. The summed E-state index contributed by atoms with van der Waals surface area (Å²) in [4.78, 5) is 7.33. The Hall–Kier alpha value is -2.06. The monoisotopic (exact) mass is 297 g/mol. The first-order valence-corrected chi connectivity index (χ1v) is 6.29. The molecule has 8 heteroatoms. The molecule has 1 fully saturated rings. The van der Waals surface area contributed by atoms with Gasteiger partial charge in [0.1, 0.15) is 11.7 Å². The van der Waals surface area contributed by atoms with Crippen LogP contribution >= 0.6 is 0 Å². The van der Waals surface area contributed by atoms with Gasteiger partial charge in [-0.3, -0.25) is 0 Å². The fourth-order valence-corrected chi connectivity index (χ4v) is 2.85. The molecule has 1 aliphatic rings. The van der Waals surface area contributed by atoms with Crippen LogP contribution in [-0.4, -0.2) is 48.7 Å². The van der Waals surface area contributed by atoms with E-state index in [0.29, 0.717) is 0 Å². The van der Waals surface area contributed by atoms with Crippen molar-refractivity contribution in [3.8, 4) is 5.88 Å². The highest BCUT2D eigenvalue weighted by Crippen LogP contribution is 2.43. The molecule has 0 amide bonds. The van der Waals surface area contributed by atoms with E-state index in [1.54, 1.807) is 0 Å². The quantitative estimate of drug-likeness (QED) is 0.710. The van der Waals surface area contributed by atoms with Gasteiger partial charge in [-0.25, -0.2) is 18.7 Å². The summed E-state index contributed by atoms with van der Waals surface area (Å²) in [6, 6.07) is -1.07. The summed E-state index contributed by atoms with van der Waals surface area (Å²) >= 11 is 0. The predicted molar refractivity (Wildman–Crippen MR) is 68.8 cm³/mol. The molecular weight excluding hydrogens is 284 g/mol. The molecule has 0 aromatic carbocycles. The van der Waals surface area contributed by atoms with Crippen LogP contribution in [0.1, 0.15) is 6.04 Å². The summed E-state index contributed by atoms with van der Waals surface area (Å²) in [6.07, 6.45) is -1.18. The predicted octanol–water partition coefficient (Wildman–Crippen LogP) is 0.694. The molecule has 112 valence electrons. The Labute approximate surface area is 118 Å². The van der Waals surface area contributed by atoms with Crippen LogP contribution in [0.15, 0.2) is 24.7 Å². The summed E-state index contributed by atoms with van der Waals surface area (Å²) in [6.45, 7) is 3.23. The van der Waals surface area contributed by atoms with Gasteiger partial charge in [0.15, 0.2) is 17.6 Å². The topological polar surface area (TPSA) is 91.4 Å². The molecule has 0 bridgehead atoms. The number of aromatic nitrogens is 3. The number of aliphatic hydroxyl groups excluding tert-OH is 2. The van der Waals surface area contributed by atoms with Gasteiger partial charge in [0.2, 0.25) is 5.88 Å². The number of alkyl halides is 1. The highest BCUT2D eigenvalue weighted by Gasteiger charge is 2.47. The molecule has 0 spiro atoms. The highest BCUT2D eigenvalue weighted by atomic mass is 19.1. The van der Waals surface area contributed by atoms with E-state index in [1.165, 1.54) is 0 Å². The third-order valence-electron chi connectivity index (χ3n) is 3.94. The zero-order valence-electron chi connectivity index (χ0n) is 10.8. The second-order valence-electron chi connectivity index (χ2n) is 5.02. The lowest BCUT2D eigenvalue weighted by Gasteiger charge is -2.17. The summed E-state index contributed by atoms with van der Waals surface area (Å²) < 4.78 is 29.4. The van der Waals surface area contributed by atoms with Crippen LogP contribution in [0.25, 0.3) is 11.0 Å². The highest BCUT2D eigenvalue weighted by molar-refractivity contribution is 5.82. The van der Waals surface area contributed by atoms with E-state index in [2.05, 4.69) is 16.5 Å². The number of halogens is 2. The minimum absolute atomic E-state index is 0.000380. The second kappa shape index (κ2) is 4.74. The molecular formula is C13H13F2N3O3. The van der Waals surface area contributed by atoms with Gasteiger partial charge in [-0.05, 0) is 5.57 Å². The van der Waals surface area contributed by atoms with E-state index in [0.717, 1.165) is 17.1 Å². The Kier molecular flexibility index (Phi) is 3.14. The zero-order valence-corrected chi connectivity index (χ0v) is 10.8. The molecule has 0 aliphatic heterocycles. The van der Waals surface area contributed by atoms with Crippen molar-refractivity contribution in [2.75, 3.05) is 6.61 Å². The van der Waals surface area contributed by atoms with E-state index in [9.17, 15) is 24.1 Å². The first kappa shape index (κ1) is 13.9. The Morgan fingerprint density at radius 2 is 2.10 bits per heavy atom. The molecule has 1 saturated carbocycles. The van der Waals surface area contributed by atoms with Crippen molar-refractivity contribution in [1.29, 1.82) is 0 Å². The lowest BCUT2D eigenvalue weighted by atomic mass is 10.0. The van der Waals surface area contributed by atoms with Crippen LogP contribution in [0.5, 0.6) is 5.88 Å². The van der Waals surface area contributed by atoms with E-state index in [4.69, 9.17) is 0 Å². The lowest BCUT2D eigenvalue weighted by molar-refractivity contribution is 0.0426. The molecule has 0 saturated heterocycles. The number of hydrogen-bond acceptors (Lipinski definition) is 5. The molecule has 2 heterocycles. The molecule has 3 N–H and O–H groups in total. The van der Waals surface area contributed by atoms with Gasteiger partial charge >= 0.3 is 0 Å². The number of nitrogens with zero attached hydrogens (tertiary/aromatic N) is 3. The second-order valence-corrected chi connectivity index (χ2v) is 5.02. The maximum absolute atomic E-state index is 14.3. The summed E-state index contributed by atoms with van der Waals surface area (Å²) in [5.41, 5.74) is 0.243. The van der Waals surface area contributed by atoms with Crippen molar-refractivity contribution >= 4 is 11.0 Å². The molecule has 3 rings (SSSR count). The number of aromatic hydroxyl groups is 1. The van der Waals surface area contributed by atoms with Gasteiger partial charge in [0, 0.05) is 12.1 Å². The van der Waals surface area contributed by atoms with E-state index in [-0.39, 0.29) is 16.6 Å². The fraction of sp³-hybridized carbons (Fsp3) is 0.385. The number of hydrogen-bond donors (Lipinski definition) is 3. The van der Waals surface area contributed by atoms with Crippen LogP contribution in [0.2, 0.25) is 0 Å². The third kappa shape index (κ3) is 1.83. The molecule has 0 radical (unpaired) electrons. The molecule has 4 atom stereocenters. The van der Waals surface area contributed by atoms with Crippen molar-refractivity contribution in [2.45, 2.75) is 18.3 Å². The van der Waals surface area contributed by atoms with E-state index in [1.807, 2.05) is 0 Å². The summed E-state index contributed by atoms with van der Waals surface area (Å²) in [7, 11) is 0. The first-order valence-electron chi connectivity index (χ1n) is 6.29. The van der Waals surface area contributed by atoms with Gasteiger partial charge in [-0.1, -0.05) is 6.58 Å². The summed E-state index contributed by atoms with van der Waals surface area (Å²) in [5, 5.41) is 28.4. The molecule has 6 nitrogen and oxygen atoms in total. The van der Waals surface area contributed by atoms with Crippen molar-refractivity contribution in [1.82, 2.24) is 14.5 Å². The van der Waals surface area contributed by atoms with Crippen LogP contribution in [0.3, 0.4) is 0 Å². The Bertz CT molecular complexity index is 718. The Balaban J connectivity index is 2.17. The SMILES string of the molecule is C=C1[C@@H](n2cc(F)c3c(O)ncnc32)C(F)[C@H](O)[C@H]1CO. The summed E-state index contributed by atoms with van der Waals surface area (Å²) in [5.74, 6) is -2.18. The van der Waals surface area contributed by atoms with E-state index < -0.39 is 42.5 Å². The van der Waals surface area contributed by atoms with E-state index >= 15 is 0 Å². The average Bonchev–Trinajstić information content (AvgIpc) is 2.87. The smallest absolute Gasteiger partial charge is 0.226 e. The standard InChI is InChI=1S/C13H13F2N3O3/c1-5-6(3-19)11(20)9(15)10(5)18-2-7(14)8-12(18)16-4-17-13(8)21/h2,4,6,9-11,19-20H,1,3H2,(H,16,17,21)/t6-,9?,10+,11+/m0/s1. The minimum Gasteiger partial charge on any atom is -0.493 e. The van der Waals surface area contributed by atoms with Crippen LogP contribution in [0, 0.1) is 11.7 Å². The average molecular weight is 297 g/mol. The fourth-order valence-electron chi connectivity index (χ4n) is 2.85. The van der Waals surface area contributed by atoms with Gasteiger partial charge in [-0.2, -0.15) is 0 Å². The maximum Gasteiger partial charge on any atom is 0.226 e. The van der Waals surface area contributed by atoms with Gasteiger partial charge < -0.3 is 19.9 Å². The number of aliphatic hydroxyl groups is 2. The van der Waals surface area contributed by atoms with Crippen LogP contribution < -0.4 is 0 Å². The normalized spacial score (nSPS) is 29.4. The minimum atomic E-state index is -1.76. The van der Waals surface area contributed by atoms with Crippen LogP contribution in [-0.2, 0) is 0 Å². The van der Waals surface area contributed by atoms with Crippen molar-refractivity contribution in [3.63, 3.8) is 0 Å². The molecule has 2 aromatic rings. The van der Waals surface area contributed by atoms with Crippen molar-refractivity contribution in [3.05, 3.63) is 30.5 Å².